The Kier molecular flexibility index (Phi) is 4.96. The molecule has 0 spiro atoms. The first-order chi connectivity index (χ1) is 13.5. The fourth-order valence-corrected chi connectivity index (χ4v) is 4.48. The van der Waals surface area contributed by atoms with E-state index in [0.29, 0.717) is 17.9 Å². The van der Waals surface area contributed by atoms with Gasteiger partial charge in [-0.25, -0.2) is 4.79 Å². The highest BCUT2D eigenvalue weighted by molar-refractivity contribution is 7.99. The van der Waals surface area contributed by atoms with Crippen molar-refractivity contribution in [2.24, 2.45) is 4.99 Å². The minimum absolute atomic E-state index is 0.00222. The zero-order valence-corrected chi connectivity index (χ0v) is 16.3. The lowest BCUT2D eigenvalue weighted by Gasteiger charge is -2.17. The van der Waals surface area contributed by atoms with Gasteiger partial charge in [0.05, 0.1) is 18.5 Å². The van der Waals surface area contributed by atoms with E-state index in [-0.39, 0.29) is 16.6 Å². The second-order valence-electron chi connectivity index (χ2n) is 6.52. The average Bonchev–Trinajstić information content (AvgIpc) is 2.87. The zero-order valence-electron chi connectivity index (χ0n) is 15.5. The van der Waals surface area contributed by atoms with Crippen molar-refractivity contribution in [3.05, 3.63) is 81.9 Å². The van der Waals surface area contributed by atoms with Gasteiger partial charge >= 0.3 is 5.63 Å². The van der Waals surface area contributed by atoms with E-state index in [1.165, 1.54) is 6.07 Å². The summed E-state index contributed by atoms with van der Waals surface area (Å²) in [4.78, 5) is 18.2. The summed E-state index contributed by atoms with van der Waals surface area (Å²) in [6.45, 7) is 1.63. The van der Waals surface area contributed by atoms with Gasteiger partial charge < -0.3 is 14.3 Å². The highest BCUT2D eigenvalue weighted by atomic mass is 32.2. The van der Waals surface area contributed by atoms with Crippen molar-refractivity contribution in [3.8, 4) is 11.5 Å². The normalized spacial score (nSPS) is 16.1. The Bertz CT molecular complexity index is 1120. The van der Waals surface area contributed by atoms with Crippen LogP contribution in [0.1, 0.15) is 28.6 Å². The fraction of sp³-hybridized carbons (Fsp3) is 0.182. The molecule has 6 heteroatoms. The van der Waals surface area contributed by atoms with Crippen LogP contribution < -0.4 is 10.4 Å². The molecule has 1 aliphatic heterocycles. The van der Waals surface area contributed by atoms with E-state index in [0.717, 1.165) is 21.9 Å². The van der Waals surface area contributed by atoms with E-state index in [9.17, 15) is 9.90 Å². The topological polar surface area (TPSA) is 72.0 Å². The number of ether oxygens (including phenoxy) is 1. The molecular formula is C22H19NO4S. The van der Waals surface area contributed by atoms with Gasteiger partial charge in [0.2, 0.25) is 0 Å². The first kappa shape index (κ1) is 18.4. The van der Waals surface area contributed by atoms with E-state index in [2.05, 4.69) is 0 Å². The summed E-state index contributed by atoms with van der Waals surface area (Å²) in [6, 6.07) is 17.1. The number of aryl methyl sites for hydroxylation is 1. The second kappa shape index (κ2) is 7.56. The molecule has 28 heavy (non-hydrogen) atoms. The van der Waals surface area contributed by atoms with Crippen LogP contribution in [0, 0.1) is 6.92 Å². The molecular weight excluding hydrogens is 374 g/mol. The Morgan fingerprint density at radius 2 is 2.00 bits per heavy atom. The minimum atomic E-state index is -0.579. The van der Waals surface area contributed by atoms with E-state index < -0.39 is 5.63 Å². The predicted molar refractivity (Wildman–Crippen MR) is 110 cm³/mol. The third-order valence-corrected chi connectivity index (χ3v) is 5.90. The van der Waals surface area contributed by atoms with Gasteiger partial charge in [0.15, 0.2) is 0 Å². The average molecular weight is 393 g/mol. The maximum absolute atomic E-state index is 12.5. The number of para-hydroxylation sites is 1. The molecule has 0 aliphatic carbocycles. The van der Waals surface area contributed by atoms with Crippen molar-refractivity contribution >= 4 is 23.2 Å². The lowest BCUT2D eigenvalue weighted by atomic mass is 10.0. The quantitative estimate of drug-likeness (QED) is 0.676. The summed E-state index contributed by atoms with van der Waals surface area (Å²) in [5.74, 6) is 1.02. The van der Waals surface area contributed by atoms with Crippen LogP contribution in [0.5, 0.6) is 11.5 Å². The fourth-order valence-electron chi connectivity index (χ4n) is 3.26. The number of hydrogen-bond acceptors (Lipinski definition) is 6. The molecule has 142 valence electrons. The van der Waals surface area contributed by atoms with Gasteiger partial charge in [-0.3, -0.25) is 4.99 Å². The van der Waals surface area contributed by atoms with Gasteiger partial charge in [0.1, 0.15) is 22.8 Å². The van der Waals surface area contributed by atoms with E-state index in [1.807, 2.05) is 48.5 Å². The SMILES string of the molecule is COc1cccc(C2CC(c3c(O)cc(C)oc3=O)=Nc3ccccc3S2)c1. The van der Waals surface area contributed by atoms with Crippen molar-refractivity contribution in [1.82, 2.24) is 0 Å². The van der Waals surface area contributed by atoms with Crippen LogP contribution >= 0.6 is 11.8 Å². The van der Waals surface area contributed by atoms with Crippen LogP contribution in [0.3, 0.4) is 0 Å². The number of benzene rings is 2. The molecule has 0 saturated carbocycles. The molecule has 1 aromatic heterocycles. The zero-order chi connectivity index (χ0) is 19.7. The Morgan fingerprint density at radius 1 is 1.18 bits per heavy atom. The largest absolute Gasteiger partial charge is 0.507 e. The predicted octanol–water partition coefficient (Wildman–Crippen LogP) is 5.02. The molecule has 3 aromatic rings. The number of thioether (sulfide) groups is 1. The van der Waals surface area contributed by atoms with Crippen molar-refractivity contribution in [2.45, 2.75) is 23.5 Å². The molecule has 0 fully saturated rings. The Balaban J connectivity index is 1.86. The van der Waals surface area contributed by atoms with Gasteiger partial charge in [0, 0.05) is 22.6 Å². The van der Waals surface area contributed by atoms with Gasteiger partial charge in [0.25, 0.3) is 0 Å². The molecule has 4 rings (SSSR count). The molecule has 2 heterocycles. The highest BCUT2D eigenvalue weighted by Crippen LogP contribution is 2.46. The lowest BCUT2D eigenvalue weighted by Crippen LogP contribution is -2.17. The summed E-state index contributed by atoms with van der Waals surface area (Å²) >= 11 is 1.68. The van der Waals surface area contributed by atoms with Crippen LogP contribution in [0.4, 0.5) is 5.69 Å². The Morgan fingerprint density at radius 3 is 2.79 bits per heavy atom. The summed E-state index contributed by atoms with van der Waals surface area (Å²) in [5, 5.41) is 10.4. The van der Waals surface area contributed by atoms with Crippen LogP contribution in [0.2, 0.25) is 0 Å². The minimum Gasteiger partial charge on any atom is -0.507 e. The van der Waals surface area contributed by atoms with Crippen LogP contribution in [0.15, 0.2) is 73.7 Å². The van der Waals surface area contributed by atoms with E-state index in [1.54, 1.807) is 25.8 Å². The second-order valence-corrected chi connectivity index (χ2v) is 7.76. The lowest BCUT2D eigenvalue weighted by molar-refractivity contribution is 0.414. The van der Waals surface area contributed by atoms with Gasteiger partial charge in [-0.1, -0.05) is 24.3 Å². The number of fused-ring (bicyclic) bond motifs is 1. The van der Waals surface area contributed by atoms with E-state index in [4.69, 9.17) is 14.1 Å². The van der Waals surface area contributed by atoms with Crippen LogP contribution in [0.25, 0.3) is 0 Å². The number of methoxy groups -OCH3 is 1. The van der Waals surface area contributed by atoms with Crippen molar-refractivity contribution in [3.63, 3.8) is 0 Å². The van der Waals surface area contributed by atoms with Crippen molar-refractivity contribution in [1.29, 1.82) is 0 Å². The molecule has 5 nitrogen and oxygen atoms in total. The summed E-state index contributed by atoms with van der Waals surface area (Å²) in [6.07, 6.45) is 0.466. The molecule has 1 N–H and O–H groups in total. The van der Waals surface area contributed by atoms with Crippen LogP contribution in [-0.2, 0) is 0 Å². The molecule has 0 saturated heterocycles. The third-order valence-electron chi connectivity index (χ3n) is 4.58. The highest BCUT2D eigenvalue weighted by Gasteiger charge is 2.26. The third kappa shape index (κ3) is 3.55. The molecule has 1 unspecified atom stereocenters. The summed E-state index contributed by atoms with van der Waals surface area (Å²) in [5.41, 5.74) is 1.88. The smallest absolute Gasteiger partial charge is 0.348 e. The summed E-state index contributed by atoms with van der Waals surface area (Å²) in [7, 11) is 1.64. The first-order valence-corrected chi connectivity index (χ1v) is 9.74. The number of aromatic hydroxyl groups is 1. The maximum Gasteiger partial charge on any atom is 0.348 e. The van der Waals surface area contributed by atoms with Crippen molar-refractivity contribution in [2.75, 3.05) is 7.11 Å². The van der Waals surface area contributed by atoms with E-state index >= 15 is 0 Å². The maximum atomic E-state index is 12.5. The number of aliphatic imine (C=N–C) groups is 1. The first-order valence-electron chi connectivity index (χ1n) is 8.86. The Hall–Kier alpha value is -2.99. The Labute approximate surface area is 166 Å². The number of rotatable bonds is 3. The summed E-state index contributed by atoms with van der Waals surface area (Å²) < 4.78 is 10.6. The van der Waals surface area contributed by atoms with Gasteiger partial charge in [-0.2, -0.15) is 0 Å². The monoisotopic (exact) mass is 393 g/mol. The van der Waals surface area contributed by atoms with Gasteiger partial charge in [-0.15, -0.1) is 11.8 Å². The molecule has 1 aliphatic rings. The molecule has 0 bridgehead atoms. The number of hydrogen-bond donors (Lipinski definition) is 1. The van der Waals surface area contributed by atoms with Crippen molar-refractivity contribution < 1.29 is 14.3 Å². The molecule has 0 radical (unpaired) electrons. The standard InChI is InChI=1S/C22H19NO4S/c1-13-10-18(24)21(22(25)27-13)17-12-20(14-6-5-7-15(11-14)26-2)28-19-9-4-3-8-16(19)23-17/h3-11,20,24H,12H2,1-2H3. The number of nitrogens with zero attached hydrogens (tertiary/aromatic N) is 1. The molecule has 1 atom stereocenters. The van der Waals surface area contributed by atoms with Crippen LogP contribution in [-0.4, -0.2) is 17.9 Å². The van der Waals surface area contributed by atoms with Gasteiger partial charge in [-0.05, 0) is 36.8 Å². The molecule has 2 aromatic carbocycles. The molecule has 0 amide bonds.